The fourth-order valence-corrected chi connectivity index (χ4v) is 6.81. The first-order valence-electron chi connectivity index (χ1n) is 17.2. The van der Waals surface area contributed by atoms with Gasteiger partial charge in [-0.25, -0.2) is 15.5 Å². The van der Waals surface area contributed by atoms with Crippen LogP contribution in [-0.4, -0.2) is 85.5 Å². The molecule has 3 aromatic carbocycles. The Bertz CT molecular complexity index is 2130. The standard InChI is InChI=1S/C38H42N6O10S/c1-38(26-12-14-27(15-13-26)54-28-16-17-31(52-2)32(22-28)53-3)19-21-44(37(38)47)30(36(46)43-48)9-6-7-20-39-35(45)25-11-18-34(40-23-25)42-24-41-29-8-4-5-10-33(29)55(49,50)51/h4-5,8,10-18,22-24,30,48H,6-7,9,19-21H2,1-3H3,(H,39,45)(H,43,46)(H,40,41,42)(H,49,50,51)/t30-,38+/m1/s1. The summed E-state index contributed by atoms with van der Waals surface area (Å²) in [5, 5.41) is 15.1. The first-order chi connectivity index (χ1) is 26.4. The number of nitrogens with one attached hydrogen (secondary N) is 3. The number of rotatable bonds is 17. The lowest BCUT2D eigenvalue weighted by Gasteiger charge is -2.29. The third-order valence-electron chi connectivity index (χ3n) is 9.23. The quantitative estimate of drug-likeness (QED) is 0.0242. The van der Waals surface area contributed by atoms with E-state index in [0.717, 1.165) is 5.56 Å². The van der Waals surface area contributed by atoms with Crippen molar-refractivity contribution in [2.75, 3.05) is 32.6 Å². The van der Waals surface area contributed by atoms with Crippen molar-refractivity contribution in [1.82, 2.24) is 20.7 Å². The number of para-hydroxylation sites is 1. The molecule has 1 aliphatic heterocycles. The van der Waals surface area contributed by atoms with Gasteiger partial charge in [0.15, 0.2) is 11.5 Å². The zero-order chi connectivity index (χ0) is 39.6. The van der Waals surface area contributed by atoms with Crippen molar-refractivity contribution >= 4 is 45.7 Å². The molecule has 4 aromatic rings. The van der Waals surface area contributed by atoms with E-state index in [-0.39, 0.29) is 35.4 Å². The van der Waals surface area contributed by atoms with Crippen LogP contribution in [0.2, 0.25) is 0 Å². The van der Waals surface area contributed by atoms with Crippen molar-refractivity contribution in [2.45, 2.75) is 49.0 Å². The Hall–Kier alpha value is -6.04. The zero-order valence-corrected chi connectivity index (χ0v) is 31.2. The number of amides is 3. The lowest BCUT2D eigenvalue weighted by molar-refractivity contribution is -0.144. The maximum Gasteiger partial charge on any atom is 0.296 e. The van der Waals surface area contributed by atoms with E-state index in [1.54, 1.807) is 55.1 Å². The molecule has 5 rings (SSSR count). The fourth-order valence-electron chi connectivity index (χ4n) is 6.17. The summed E-state index contributed by atoms with van der Waals surface area (Å²) in [5.41, 5.74) is 1.89. The van der Waals surface area contributed by atoms with Crippen LogP contribution in [0.4, 0.5) is 11.5 Å². The Morgan fingerprint density at radius 2 is 1.73 bits per heavy atom. The van der Waals surface area contributed by atoms with Crippen LogP contribution in [0.3, 0.4) is 0 Å². The second-order valence-corrected chi connectivity index (χ2v) is 14.1. The average molecular weight is 775 g/mol. The number of carbonyl (C=O) groups is 3. The fraction of sp³-hybridized carbons (Fsp3) is 0.289. The van der Waals surface area contributed by atoms with Gasteiger partial charge in [0.1, 0.15) is 28.3 Å². The number of unbranched alkanes of at least 4 members (excludes halogenated alkanes) is 1. The molecule has 3 amide bonds. The van der Waals surface area contributed by atoms with Crippen molar-refractivity contribution in [3.8, 4) is 23.0 Å². The maximum atomic E-state index is 13.8. The van der Waals surface area contributed by atoms with Crippen LogP contribution < -0.4 is 30.3 Å². The Morgan fingerprint density at radius 3 is 2.40 bits per heavy atom. The van der Waals surface area contributed by atoms with E-state index >= 15 is 0 Å². The Labute approximate surface area is 318 Å². The molecule has 0 radical (unpaired) electrons. The SMILES string of the molecule is COc1ccc(Oc2ccc([C@]3(C)CCN([C@H](CCCCNC(=O)c4ccc(N/C=N\c5ccccc5S(=O)(=O)O)nc4)C(=O)NO)C3=O)cc2)cc1OC. The number of anilines is 1. The van der Waals surface area contributed by atoms with Crippen LogP contribution in [0, 0.1) is 0 Å². The van der Waals surface area contributed by atoms with Crippen molar-refractivity contribution in [3.05, 3.63) is 96.2 Å². The van der Waals surface area contributed by atoms with Crippen molar-refractivity contribution in [1.29, 1.82) is 0 Å². The molecule has 0 bridgehead atoms. The lowest BCUT2D eigenvalue weighted by Crippen LogP contribution is -2.49. The molecule has 0 unspecified atom stereocenters. The highest BCUT2D eigenvalue weighted by Crippen LogP contribution is 2.39. The number of aliphatic imine (C=N–C) groups is 1. The molecule has 2 heterocycles. The van der Waals surface area contributed by atoms with Crippen LogP contribution in [0.25, 0.3) is 0 Å². The van der Waals surface area contributed by atoms with Gasteiger partial charge < -0.3 is 29.7 Å². The van der Waals surface area contributed by atoms with E-state index in [4.69, 9.17) is 14.2 Å². The van der Waals surface area contributed by atoms with Gasteiger partial charge in [-0.2, -0.15) is 8.42 Å². The van der Waals surface area contributed by atoms with E-state index in [1.807, 2.05) is 19.1 Å². The minimum absolute atomic E-state index is 0.0312. The molecule has 17 heteroatoms. The topological polar surface area (TPSA) is 218 Å². The van der Waals surface area contributed by atoms with Crippen molar-refractivity contribution < 1.29 is 46.8 Å². The minimum Gasteiger partial charge on any atom is -0.493 e. The Morgan fingerprint density at radius 1 is 1.00 bits per heavy atom. The van der Waals surface area contributed by atoms with Gasteiger partial charge in [-0.15, -0.1) is 0 Å². The maximum absolute atomic E-state index is 13.8. The highest BCUT2D eigenvalue weighted by Gasteiger charge is 2.47. The van der Waals surface area contributed by atoms with E-state index in [2.05, 4.69) is 20.6 Å². The molecular weight excluding hydrogens is 733 g/mol. The third kappa shape index (κ3) is 9.74. The number of methoxy groups -OCH3 is 2. The normalized spacial score (nSPS) is 16.1. The largest absolute Gasteiger partial charge is 0.493 e. The molecular formula is C38H42N6O10S. The van der Waals surface area contributed by atoms with Crippen LogP contribution in [0.5, 0.6) is 23.0 Å². The number of hydrogen-bond acceptors (Lipinski definition) is 11. The highest BCUT2D eigenvalue weighted by molar-refractivity contribution is 7.86. The summed E-state index contributed by atoms with van der Waals surface area (Å²) in [4.78, 5) is 48.6. The Balaban J connectivity index is 1.10. The number of nitrogens with zero attached hydrogens (tertiary/aromatic N) is 3. The predicted octanol–water partition coefficient (Wildman–Crippen LogP) is 4.87. The van der Waals surface area contributed by atoms with Crippen molar-refractivity contribution in [2.24, 2.45) is 4.99 Å². The van der Waals surface area contributed by atoms with Crippen LogP contribution in [0.1, 0.15) is 48.5 Å². The molecule has 1 aromatic heterocycles. The van der Waals surface area contributed by atoms with Gasteiger partial charge >= 0.3 is 0 Å². The molecule has 1 saturated heterocycles. The molecule has 16 nitrogen and oxygen atoms in total. The number of carbonyl (C=O) groups excluding carboxylic acids is 3. The van der Waals surface area contributed by atoms with Crippen LogP contribution >= 0.6 is 0 Å². The molecule has 0 spiro atoms. The highest BCUT2D eigenvalue weighted by atomic mass is 32.2. The molecule has 1 aliphatic rings. The van der Waals surface area contributed by atoms with E-state index in [9.17, 15) is 32.6 Å². The zero-order valence-electron chi connectivity index (χ0n) is 30.4. The van der Waals surface area contributed by atoms with Crippen LogP contribution in [0.15, 0.2) is 94.9 Å². The molecule has 55 heavy (non-hydrogen) atoms. The van der Waals surface area contributed by atoms with Crippen LogP contribution in [-0.2, 0) is 25.1 Å². The number of ether oxygens (including phenoxy) is 3. The van der Waals surface area contributed by atoms with Gasteiger partial charge in [0.25, 0.3) is 21.9 Å². The van der Waals surface area contributed by atoms with E-state index < -0.39 is 27.5 Å². The van der Waals surface area contributed by atoms with Gasteiger partial charge in [-0.3, -0.25) is 24.1 Å². The van der Waals surface area contributed by atoms with Gasteiger partial charge in [0, 0.05) is 25.4 Å². The average Bonchev–Trinajstić information content (AvgIpc) is 3.49. The van der Waals surface area contributed by atoms with E-state index in [0.29, 0.717) is 60.2 Å². The second kappa shape index (κ2) is 17.9. The third-order valence-corrected chi connectivity index (χ3v) is 10.1. The molecule has 0 saturated carbocycles. The molecule has 0 aliphatic carbocycles. The molecule has 1 fully saturated rings. The van der Waals surface area contributed by atoms with Gasteiger partial charge in [0.2, 0.25) is 5.91 Å². The summed E-state index contributed by atoms with van der Waals surface area (Å²) in [6.07, 6.45) is 4.26. The number of likely N-dealkylation sites (tertiary alicyclic amines) is 1. The summed E-state index contributed by atoms with van der Waals surface area (Å²) in [5.74, 6) is 1.25. The number of hydrogen-bond donors (Lipinski definition) is 5. The molecule has 2 atom stereocenters. The summed E-state index contributed by atoms with van der Waals surface area (Å²) < 4.78 is 49.0. The number of pyridine rings is 1. The molecule has 5 N–H and O–H groups in total. The number of aromatic nitrogens is 1. The van der Waals surface area contributed by atoms with E-state index in [1.165, 1.54) is 48.8 Å². The lowest BCUT2D eigenvalue weighted by atomic mass is 9.81. The van der Waals surface area contributed by atoms with Gasteiger partial charge in [-0.05, 0) is 86.7 Å². The number of hydroxylamine groups is 1. The second-order valence-electron chi connectivity index (χ2n) is 12.7. The number of benzene rings is 3. The molecule has 290 valence electrons. The van der Waals surface area contributed by atoms with Gasteiger partial charge in [-0.1, -0.05) is 24.3 Å². The van der Waals surface area contributed by atoms with Gasteiger partial charge in [0.05, 0.1) is 37.2 Å². The summed E-state index contributed by atoms with van der Waals surface area (Å²) >= 11 is 0. The summed E-state index contributed by atoms with van der Waals surface area (Å²) in [6, 6.07) is 20.3. The predicted molar refractivity (Wildman–Crippen MR) is 202 cm³/mol. The minimum atomic E-state index is -4.45. The summed E-state index contributed by atoms with van der Waals surface area (Å²) in [7, 11) is -1.36. The van der Waals surface area contributed by atoms with Crippen molar-refractivity contribution in [3.63, 3.8) is 0 Å². The monoisotopic (exact) mass is 774 g/mol. The summed E-state index contributed by atoms with van der Waals surface area (Å²) in [6.45, 7) is 2.44. The smallest absolute Gasteiger partial charge is 0.296 e. The first-order valence-corrected chi connectivity index (χ1v) is 18.7. The Kier molecular flexibility index (Phi) is 13.0. The first kappa shape index (κ1) is 40.2.